The number of benzene rings is 1. The van der Waals surface area contributed by atoms with Crippen molar-refractivity contribution < 1.29 is 13.9 Å². The Balaban J connectivity index is 1.38. The predicted molar refractivity (Wildman–Crippen MR) is 116 cm³/mol. The molecule has 0 spiro atoms. The number of carbonyl (C=O) groups excluding carboxylic acids is 1. The maximum absolute atomic E-state index is 12.0. The number of aryl methyl sites for hydroxylation is 1. The number of rotatable bonds is 6. The molecule has 8 heteroatoms. The molecule has 1 saturated heterocycles. The maximum atomic E-state index is 12.0. The molecule has 0 saturated carbocycles. The highest BCUT2D eigenvalue weighted by Crippen LogP contribution is 2.20. The number of morpholine rings is 1. The monoisotopic (exact) mass is 405 g/mol. The van der Waals surface area contributed by atoms with E-state index in [0.29, 0.717) is 30.6 Å². The first kappa shape index (κ1) is 19.7. The summed E-state index contributed by atoms with van der Waals surface area (Å²) in [6, 6.07) is 12.9. The molecule has 2 N–H and O–H groups in total. The van der Waals surface area contributed by atoms with Crippen LogP contribution >= 0.6 is 0 Å². The van der Waals surface area contributed by atoms with Crippen LogP contribution in [0.25, 0.3) is 6.08 Å². The van der Waals surface area contributed by atoms with E-state index >= 15 is 0 Å². The Bertz CT molecular complexity index is 1010. The van der Waals surface area contributed by atoms with E-state index in [9.17, 15) is 4.79 Å². The maximum Gasteiger partial charge on any atom is 0.248 e. The SMILES string of the molecule is Cc1cc(N2CCOCC2)nc(Nc2ccc(NC(=O)/C=C/c3ccco3)cc2)n1. The number of ether oxygens (including phenoxy) is 1. The summed E-state index contributed by atoms with van der Waals surface area (Å²) in [5, 5.41) is 6.04. The second-order valence-electron chi connectivity index (χ2n) is 6.83. The second-order valence-corrected chi connectivity index (χ2v) is 6.83. The lowest BCUT2D eigenvalue weighted by Gasteiger charge is -2.28. The highest BCUT2D eigenvalue weighted by Gasteiger charge is 2.14. The number of carbonyl (C=O) groups is 1. The van der Waals surface area contributed by atoms with Crippen LogP contribution in [-0.4, -0.2) is 42.2 Å². The fourth-order valence-corrected chi connectivity index (χ4v) is 3.06. The van der Waals surface area contributed by atoms with E-state index in [0.717, 1.165) is 30.3 Å². The van der Waals surface area contributed by atoms with Crippen molar-refractivity contribution >= 4 is 35.1 Å². The molecule has 154 valence electrons. The third-order valence-corrected chi connectivity index (χ3v) is 4.53. The van der Waals surface area contributed by atoms with Gasteiger partial charge in [-0.05, 0) is 49.4 Å². The van der Waals surface area contributed by atoms with Crippen LogP contribution in [0.15, 0.2) is 59.2 Å². The van der Waals surface area contributed by atoms with Crippen LogP contribution in [0.2, 0.25) is 0 Å². The molecule has 8 nitrogen and oxygen atoms in total. The van der Waals surface area contributed by atoms with Gasteiger partial charge in [0.15, 0.2) is 0 Å². The molecule has 1 aliphatic heterocycles. The van der Waals surface area contributed by atoms with Crippen LogP contribution in [0, 0.1) is 6.92 Å². The Labute approximate surface area is 174 Å². The molecular weight excluding hydrogens is 382 g/mol. The molecule has 1 aromatic carbocycles. The van der Waals surface area contributed by atoms with Gasteiger partial charge in [0, 0.05) is 42.3 Å². The molecular formula is C22H23N5O3. The average Bonchev–Trinajstić information content (AvgIpc) is 3.28. The molecule has 0 aliphatic carbocycles. The van der Waals surface area contributed by atoms with Crippen molar-refractivity contribution in [1.82, 2.24) is 9.97 Å². The van der Waals surface area contributed by atoms with E-state index in [1.165, 1.54) is 6.08 Å². The van der Waals surface area contributed by atoms with E-state index in [1.54, 1.807) is 24.5 Å². The molecule has 3 aromatic rings. The fourth-order valence-electron chi connectivity index (χ4n) is 3.06. The quantitative estimate of drug-likeness (QED) is 0.605. The van der Waals surface area contributed by atoms with Gasteiger partial charge in [0.05, 0.1) is 19.5 Å². The Morgan fingerprint density at radius 2 is 1.87 bits per heavy atom. The van der Waals surface area contributed by atoms with Crippen LogP contribution < -0.4 is 15.5 Å². The Hall–Kier alpha value is -3.65. The van der Waals surface area contributed by atoms with Crippen molar-refractivity contribution in [2.24, 2.45) is 0 Å². The number of hydrogen-bond acceptors (Lipinski definition) is 7. The first-order valence-corrected chi connectivity index (χ1v) is 9.74. The van der Waals surface area contributed by atoms with Crippen molar-refractivity contribution in [2.45, 2.75) is 6.92 Å². The van der Waals surface area contributed by atoms with Gasteiger partial charge in [0.2, 0.25) is 11.9 Å². The van der Waals surface area contributed by atoms with Gasteiger partial charge in [-0.1, -0.05) is 0 Å². The summed E-state index contributed by atoms with van der Waals surface area (Å²) in [7, 11) is 0. The van der Waals surface area contributed by atoms with E-state index in [2.05, 4.69) is 25.5 Å². The number of nitrogens with zero attached hydrogens (tertiary/aromatic N) is 3. The Morgan fingerprint density at radius 1 is 1.10 bits per heavy atom. The van der Waals surface area contributed by atoms with Gasteiger partial charge in [0.1, 0.15) is 11.6 Å². The van der Waals surface area contributed by atoms with Gasteiger partial charge in [-0.15, -0.1) is 0 Å². The standard InChI is InChI=1S/C22H23N5O3/c1-16-15-20(27-10-13-29-14-11-27)26-22(23-16)25-18-6-4-17(5-7-18)24-21(28)9-8-19-3-2-12-30-19/h2-9,12,15H,10-11,13-14H2,1H3,(H,24,28)(H,23,25,26)/b9-8+. The van der Waals surface area contributed by atoms with Crippen molar-refractivity contribution in [3.63, 3.8) is 0 Å². The third-order valence-electron chi connectivity index (χ3n) is 4.53. The van der Waals surface area contributed by atoms with Crippen molar-refractivity contribution in [3.05, 3.63) is 66.3 Å². The van der Waals surface area contributed by atoms with E-state index in [-0.39, 0.29) is 5.91 Å². The fraction of sp³-hybridized carbons (Fsp3) is 0.227. The summed E-state index contributed by atoms with van der Waals surface area (Å²) in [6.45, 7) is 4.99. The number of amides is 1. The lowest BCUT2D eigenvalue weighted by molar-refractivity contribution is -0.111. The lowest BCUT2D eigenvalue weighted by Crippen LogP contribution is -2.36. The molecule has 0 unspecified atom stereocenters. The topological polar surface area (TPSA) is 92.5 Å². The predicted octanol–water partition coefficient (Wildman–Crippen LogP) is 3.61. The third kappa shape index (κ3) is 5.24. The number of anilines is 4. The van der Waals surface area contributed by atoms with Crippen LogP contribution in [0.4, 0.5) is 23.1 Å². The van der Waals surface area contributed by atoms with E-state index in [4.69, 9.17) is 9.15 Å². The zero-order chi connectivity index (χ0) is 20.8. The van der Waals surface area contributed by atoms with Gasteiger partial charge in [-0.3, -0.25) is 4.79 Å². The molecule has 4 rings (SSSR count). The van der Waals surface area contributed by atoms with Gasteiger partial charge in [0.25, 0.3) is 0 Å². The summed E-state index contributed by atoms with van der Waals surface area (Å²) in [4.78, 5) is 23.3. The first-order chi connectivity index (χ1) is 14.7. The van der Waals surface area contributed by atoms with Crippen LogP contribution in [0.1, 0.15) is 11.5 Å². The average molecular weight is 405 g/mol. The van der Waals surface area contributed by atoms with Crippen molar-refractivity contribution in [3.8, 4) is 0 Å². The Kier molecular flexibility index (Phi) is 6.05. The molecule has 30 heavy (non-hydrogen) atoms. The summed E-state index contributed by atoms with van der Waals surface area (Å²) < 4.78 is 10.6. The molecule has 1 aliphatic rings. The molecule has 1 fully saturated rings. The van der Waals surface area contributed by atoms with E-state index < -0.39 is 0 Å². The van der Waals surface area contributed by atoms with Gasteiger partial charge in [-0.2, -0.15) is 4.98 Å². The minimum Gasteiger partial charge on any atom is -0.465 e. The second kappa shape index (κ2) is 9.23. The summed E-state index contributed by atoms with van der Waals surface area (Å²) in [5.74, 6) is 1.82. The van der Waals surface area contributed by atoms with Crippen molar-refractivity contribution in [2.75, 3.05) is 41.8 Å². The summed E-state index contributed by atoms with van der Waals surface area (Å²) >= 11 is 0. The lowest BCUT2D eigenvalue weighted by atomic mass is 10.2. The minimum atomic E-state index is -0.232. The van der Waals surface area contributed by atoms with Crippen LogP contribution in [-0.2, 0) is 9.53 Å². The van der Waals surface area contributed by atoms with Gasteiger partial charge < -0.3 is 24.7 Å². The number of nitrogens with one attached hydrogen (secondary N) is 2. The number of hydrogen-bond donors (Lipinski definition) is 2. The largest absolute Gasteiger partial charge is 0.465 e. The van der Waals surface area contributed by atoms with Gasteiger partial charge >= 0.3 is 0 Å². The highest BCUT2D eigenvalue weighted by atomic mass is 16.5. The number of furan rings is 1. The van der Waals surface area contributed by atoms with Crippen LogP contribution in [0.3, 0.4) is 0 Å². The zero-order valence-corrected chi connectivity index (χ0v) is 16.7. The highest BCUT2D eigenvalue weighted by molar-refractivity contribution is 6.01. The number of aromatic nitrogens is 2. The molecule has 0 radical (unpaired) electrons. The minimum absolute atomic E-state index is 0.232. The Morgan fingerprint density at radius 3 is 2.60 bits per heavy atom. The van der Waals surface area contributed by atoms with Gasteiger partial charge in [-0.25, -0.2) is 4.98 Å². The van der Waals surface area contributed by atoms with E-state index in [1.807, 2.05) is 37.3 Å². The zero-order valence-electron chi connectivity index (χ0n) is 16.7. The summed E-state index contributed by atoms with van der Waals surface area (Å²) in [6.07, 6.45) is 4.61. The summed E-state index contributed by atoms with van der Waals surface area (Å²) in [5.41, 5.74) is 2.41. The molecule has 0 atom stereocenters. The normalized spacial score (nSPS) is 14.1. The smallest absolute Gasteiger partial charge is 0.248 e. The molecule has 0 bridgehead atoms. The molecule has 1 amide bonds. The van der Waals surface area contributed by atoms with Crippen LogP contribution in [0.5, 0.6) is 0 Å². The molecule has 3 heterocycles. The molecule has 2 aromatic heterocycles. The van der Waals surface area contributed by atoms with Crippen molar-refractivity contribution in [1.29, 1.82) is 0 Å². The first-order valence-electron chi connectivity index (χ1n) is 9.74.